The molecule has 12 heavy (non-hydrogen) atoms. The van der Waals surface area contributed by atoms with Gasteiger partial charge in [0, 0.05) is 24.5 Å². The van der Waals surface area contributed by atoms with Crippen LogP contribution in [0.15, 0.2) is 15.9 Å². The third-order valence-electron chi connectivity index (χ3n) is 1.98. The maximum atomic E-state index is 3.48. The largest absolute Gasteiger partial charge is 0.314 e. The monoisotopic (exact) mass is 246 g/mol. The van der Waals surface area contributed by atoms with E-state index in [0.29, 0.717) is 6.04 Å². The Morgan fingerprint density at radius 2 is 2.33 bits per heavy atom. The molecule has 1 aromatic heterocycles. The molecular formula is C8H11BrN2S. The molecule has 4 heteroatoms. The SMILES string of the molecule is Brc1ccc([C@@H]2CNCCN2)s1. The lowest BCUT2D eigenvalue weighted by Crippen LogP contribution is -2.42. The van der Waals surface area contributed by atoms with Crippen molar-refractivity contribution in [3.05, 3.63) is 20.8 Å². The second-order valence-electron chi connectivity index (χ2n) is 2.85. The van der Waals surface area contributed by atoms with Gasteiger partial charge in [-0.2, -0.15) is 0 Å². The van der Waals surface area contributed by atoms with Gasteiger partial charge in [-0.25, -0.2) is 0 Å². The maximum absolute atomic E-state index is 3.48. The van der Waals surface area contributed by atoms with Gasteiger partial charge in [-0.05, 0) is 28.1 Å². The van der Waals surface area contributed by atoms with Crippen LogP contribution in [0.25, 0.3) is 0 Å². The van der Waals surface area contributed by atoms with Crippen LogP contribution in [0.3, 0.4) is 0 Å². The number of thiophene rings is 1. The Kier molecular flexibility index (Phi) is 2.80. The van der Waals surface area contributed by atoms with Crippen molar-refractivity contribution in [3.63, 3.8) is 0 Å². The third-order valence-corrected chi connectivity index (χ3v) is 3.72. The van der Waals surface area contributed by atoms with Gasteiger partial charge in [0.1, 0.15) is 0 Å². The fourth-order valence-corrected chi connectivity index (χ4v) is 2.87. The topological polar surface area (TPSA) is 24.1 Å². The molecule has 1 aliphatic heterocycles. The molecule has 0 aromatic carbocycles. The van der Waals surface area contributed by atoms with Crippen LogP contribution in [0.4, 0.5) is 0 Å². The van der Waals surface area contributed by atoms with E-state index in [4.69, 9.17) is 0 Å². The normalized spacial score (nSPS) is 24.2. The molecule has 66 valence electrons. The molecule has 2 N–H and O–H groups in total. The van der Waals surface area contributed by atoms with E-state index >= 15 is 0 Å². The van der Waals surface area contributed by atoms with Crippen molar-refractivity contribution in [2.75, 3.05) is 19.6 Å². The maximum Gasteiger partial charge on any atom is 0.0702 e. The molecule has 0 saturated carbocycles. The van der Waals surface area contributed by atoms with E-state index in [1.807, 2.05) is 11.3 Å². The quantitative estimate of drug-likeness (QED) is 0.790. The predicted molar refractivity (Wildman–Crippen MR) is 55.6 cm³/mol. The summed E-state index contributed by atoms with van der Waals surface area (Å²) in [5.74, 6) is 0. The lowest BCUT2D eigenvalue weighted by molar-refractivity contribution is 0.435. The van der Waals surface area contributed by atoms with Crippen LogP contribution >= 0.6 is 27.3 Å². The van der Waals surface area contributed by atoms with Gasteiger partial charge in [-0.15, -0.1) is 11.3 Å². The van der Waals surface area contributed by atoms with Crippen molar-refractivity contribution in [1.82, 2.24) is 10.6 Å². The summed E-state index contributed by atoms with van der Waals surface area (Å²) in [7, 11) is 0. The van der Waals surface area contributed by atoms with Crippen molar-refractivity contribution < 1.29 is 0 Å². The van der Waals surface area contributed by atoms with E-state index < -0.39 is 0 Å². The zero-order valence-electron chi connectivity index (χ0n) is 6.64. The summed E-state index contributed by atoms with van der Waals surface area (Å²) in [6, 6.07) is 4.80. The molecule has 1 atom stereocenters. The number of hydrogen-bond acceptors (Lipinski definition) is 3. The van der Waals surface area contributed by atoms with Crippen LogP contribution in [0.2, 0.25) is 0 Å². The molecule has 0 radical (unpaired) electrons. The molecule has 2 rings (SSSR count). The molecule has 0 aliphatic carbocycles. The van der Waals surface area contributed by atoms with Crippen LogP contribution in [-0.2, 0) is 0 Å². The first-order chi connectivity index (χ1) is 5.86. The minimum absolute atomic E-state index is 0.509. The Morgan fingerprint density at radius 3 is 2.92 bits per heavy atom. The smallest absolute Gasteiger partial charge is 0.0702 e. The highest BCUT2D eigenvalue weighted by molar-refractivity contribution is 9.11. The van der Waals surface area contributed by atoms with Gasteiger partial charge in [-0.3, -0.25) is 0 Å². The fourth-order valence-electron chi connectivity index (χ4n) is 1.37. The van der Waals surface area contributed by atoms with Gasteiger partial charge >= 0.3 is 0 Å². The molecule has 1 aromatic rings. The lowest BCUT2D eigenvalue weighted by atomic mass is 10.2. The molecule has 0 bridgehead atoms. The standard InChI is InChI=1S/C8H11BrN2S/c9-8-2-1-7(12-8)6-5-10-3-4-11-6/h1-2,6,10-11H,3-5H2/t6-/m0/s1. The zero-order chi connectivity index (χ0) is 8.39. The Bertz CT molecular complexity index is 255. The molecule has 1 fully saturated rings. The fraction of sp³-hybridized carbons (Fsp3) is 0.500. The van der Waals surface area contributed by atoms with Crippen molar-refractivity contribution in [2.45, 2.75) is 6.04 Å². The van der Waals surface area contributed by atoms with E-state index in [1.54, 1.807) is 0 Å². The van der Waals surface area contributed by atoms with Crippen LogP contribution in [0.5, 0.6) is 0 Å². The highest BCUT2D eigenvalue weighted by Crippen LogP contribution is 2.27. The second kappa shape index (κ2) is 3.87. The van der Waals surface area contributed by atoms with Crippen molar-refractivity contribution in [3.8, 4) is 0 Å². The van der Waals surface area contributed by atoms with E-state index in [2.05, 4.69) is 38.7 Å². The first-order valence-electron chi connectivity index (χ1n) is 4.05. The van der Waals surface area contributed by atoms with Crippen LogP contribution in [-0.4, -0.2) is 19.6 Å². The van der Waals surface area contributed by atoms with E-state index in [1.165, 1.54) is 8.66 Å². The van der Waals surface area contributed by atoms with Gasteiger partial charge < -0.3 is 10.6 Å². The van der Waals surface area contributed by atoms with Crippen molar-refractivity contribution in [2.24, 2.45) is 0 Å². The minimum Gasteiger partial charge on any atom is -0.314 e. The highest BCUT2D eigenvalue weighted by Gasteiger charge is 2.15. The van der Waals surface area contributed by atoms with Gasteiger partial charge in [0.05, 0.1) is 9.83 Å². The zero-order valence-corrected chi connectivity index (χ0v) is 9.04. The molecule has 1 aliphatic rings. The Morgan fingerprint density at radius 1 is 1.42 bits per heavy atom. The molecule has 0 unspecified atom stereocenters. The molecular weight excluding hydrogens is 236 g/mol. The van der Waals surface area contributed by atoms with Crippen LogP contribution in [0, 0.1) is 0 Å². The minimum atomic E-state index is 0.509. The number of halogens is 1. The molecule has 2 nitrogen and oxygen atoms in total. The molecule has 0 spiro atoms. The predicted octanol–water partition coefficient (Wildman–Crippen LogP) is 1.74. The number of nitrogens with one attached hydrogen (secondary N) is 2. The van der Waals surface area contributed by atoms with Gasteiger partial charge in [0.15, 0.2) is 0 Å². The van der Waals surface area contributed by atoms with E-state index in [9.17, 15) is 0 Å². The highest BCUT2D eigenvalue weighted by atomic mass is 79.9. The van der Waals surface area contributed by atoms with E-state index in [0.717, 1.165) is 19.6 Å². The Hall–Kier alpha value is 0.1000. The van der Waals surface area contributed by atoms with Crippen molar-refractivity contribution in [1.29, 1.82) is 0 Å². The average molecular weight is 247 g/mol. The third kappa shape index (κ3) is 1.88. The number of hydrogen-bond donors (Lipinski definition) is 2. The van der Waals surface area contributed by atoms with Crippen molar-refractivity contribution >= 4 is 27.3 Å². The van der Waals surface area contributed by atoms with Gasteiger partial charge in [0.2, 0.25) is 0 Å². The first-order valence-corrected chi connectivity index (χ1v) is 5.66. The number of piperazine rings is 1. The Balaban J connectivity index is 2.08. The lowest BCUT2D eigenvalue weighted by Gasteiger charge is -2.23. The van der Waals surface area contributed by atoms with Crippen LogP contribution in [0.1, 0.15) is 10.9 Å². The summed E-state index contributed by atoms with van der Waals surface area (Å²) in [6.07, 6.45) is 0. The van der Waals surface area contributed by atoms with E-state index in [-0.39, 0.29) is 0 Å². The van der Waals surface area contributed by atoms with Crippen LogP contribution < -0.4 is 10.6 Å². The summed E-state index contributed by atoms with van der Waals surface area (Å²) < 4.78 is 1.21. The molecule has 1 saturated heterocycles. The first kappa shape index (κ1) is 8.69. The molecule has 0 amide bonds. The summed E-state index contributed by atoms with van der Waals surface area (Å²) in [4.78, 5) is 1.41. The number of rotatable bonds is 1. The summed E-state index contributed by atoms with van der Waals surface area (Å²) >= 11 is 5.28. The summed E-state index contributed by atoms with van der Waals surface area (Å²) in [5, 5.41) is 6.85. The molecule has 2 heterocycles. The summed E-state index contributed by atoms with van der Waals surface area (Å²) in [5.41, 5.74) is 0. The van der Waals surface area contributed by atoms with Gasteiger partial charge in [0.25, 0.3) is 0 Å². The average Bonchev–Trinajstić information content (AvgIpc) is 2.54. The Labute approximate surface area is 84.5 Å². The van der Waals surface area contributed by atoms with Gasteiger partial charge in [-0.1, -0.05) is 0 Å². The summed E-state index contributed by atoms with van der Waals surface area (Å²) in [6.45, 7) is 3.20. The second-order valence-corrected chi connectivity index (χ2v) is 5.35.